The molecule has 2 amide bonds. The molecular weight excluding hydrogens is 338 g/mol. The second-order valence-electron chi connectivity index (χ2n) is 6.89. The van der Waals surface area contributed by atoms with Crippen LogP contribution in [0, 0.1) is 0 Å². The molecule has 1 N–H and O–H groups in total. The highest BCUT2D eigenvalue weighted by molar-refractivity contribution is 5.91. The van der Waals surface area contributed by atoms with E-state index < -0.39 is 0 Å². The number of carbonyl (C=O) groups excluding carboxylic acids is 2. The largest absolute Gasteiger partial charge is 0.372 e. The van der Waals surface area contributed by atoms with Gasteiger partial charge in [0.15, 0.2) is 0 Å². The second-order valence-corrected chi connectivity index (χ2v) is 6.89. The lowest BCUT2D eigenvalue weighted by atomic mass is 10.1. The first-order valence-corrected chi connectivity index (χ1v) is 9.57. The quantitative estimate of drug-likeness (QED) is 0.821. The van der Waals surface area contributed by atoms with Crippen LogP contribution in [0.3, 0.4) is 0 Å². The Morgan fingerprint density at radius 3 is 2.30 bits per heavy atom. The van der Waals surface area contributed by atoms with Gasteiger partial charge >= 0.3 is 0 Å². The van der Waals surface area contributed by atoms with Crippen molar-refractivity contribution < 1.29 is 9.59 Å². The molecule has 0 aromatic heterocycles. The van der Waals surface area contributed by atoms with Crippen molar-refractivity contribution in [2.24, 2.45) is 0 Å². The van der Waals surface area contributed by atoms with Crippen LogP contribution in [0.4, 0.5) is 11.4 Å². The molecule has 1 aliphatic heterocycles. The summed E-state index contributed by atoms with van der Waals surface area (Å²) in [6, 6.07) is 17.8. The molecule has 1 aliphatic rings. The van der Waals surface area contributed by atoms with Gasteiger partial charge in [0.2, 0.25) is 11.8 Å². The zero-order chi connectivity index (χ0) is 19.1. The van der Waals surface area contributed by atoms with Crippen molar-refractivity contribution in [1.82, 2.24) is 5.32 Å². The van der Waals surface area contributed by atoms with Crippen molar-refractivity contribution in [2.75, 3.05) is 36.0 Å². The molecule has 2 aromatic rings. The maximum absolute atomic E-state index is 12.1. The third-order valence-electron chi connectivity index (χ3n) is 4.88. The molecule has 5 heteroatoms. The van der Waals surface area contributed by atoms with Gasteiger partial charge in [-0.1, -0.05) is 30.3 Å². The van der Waals surface area contributed by atoms with Gasteiger partial charge in [0, 0.05) is 44.5 Å². The maximum Gasteiger partial charge on any atom is 0.224 e. The summed E-state index contributed by atoms with van der Waals surface area (Å²) in [7, 11) is 0. The lowest BCUT2D eigenvalue weighted by molar-refractivity contribution is -0.121. The van der Waals surface area contributed by atoms with E-state index in [1.165, 1.54) is 18.5 Å². The Morgan fingerprint density at radius 2 is 1.67 bits per heavy atom. The van der Waals surface area contributed by atoms with Crippen LogP contribution in [-0.4, -0.2) is 38.0 Å². The number of carbonyl (C=O) groups is 2. The van der Waals surface area contributed by atoms with Crippen LogP contribution in [0.25, 0.3) is 0 Å². The molecule has 1 saturated heterocycles. The number of hydrogen-bond donors (Lipinski definition) is 1. The monoisotopic (exact) mass is 365 g/mol. The number of rotatable bonds is 7. The smallest absolute Gasteiger partial charge is 0.224 e. The molecule has 0 radical (unpaired) electrons. The van der Waals surface area contributed by atoms with Gasteiger partial charge in [0.25, 0.3) is 0 Å². The predicted octanol–water partition coefficient (Wildman–Crippen LogP) is 3.00. The normalized spacial score (nSPS) is 13.4. The van der Waals surface area contributed by atoms with E-state index in [0.717, 1.165) is 24.3 Å². The van der Waals surface area contributed by atoms with E-state index in [4.69, 9.17) is 0 Å². The van der Waals surface area contributed by atoms with E-state index in [2.05, 4.69) is 22.3 Å². The molecule has 1 heterocycles. The van der Waals surface area contributed by atoms with Crippen molar-refractivity contribution >= 4 is 23.2 Å². The van der Waals surface area contributed by atoms with Gasteiger partial charge in [-0.3, -0.25) is 9.59 Å². The highest BCUT2D eigenvalue weighted by Gasteiger charge is 2.15. The van der Waals surface area contributed by atoms with Crippen molar-refractivity contribution in [3.63, 3.8) is 0 Å². The Kier molecular flexibility index (Phi) is 6.47. The van der Waals surface area contributed by atoms with Gasteiger partial charge in [-0.05, 0) is 42.7 Å². The molecular formula is C22H27N3O2. The minimum absolute atomic E-state index is 0.0266. The fourth-order valence-electron chi connectivity index (χ4n) is 3.44. The molecule has 142 valence electrons. The van der Waals surface area contributed by atoms with Crippen LogP contribution in [-0.2, 0) is 16.0 Å². The second kappa shape index (κ2) is 9.21. The summed E-state index contributed by atoms with van der Waals surface area (Å²) in [5, 5.41) is 2.90. The highest BCUT2D eigenvalue weighted by atomic mass is 16.2. The zero-order valence-corrected chi connectivity index (χ0v) is 15.9. The minimum Gasteiger partial charge on any atom is -0.372 e. The molecule has 27 heavy (non-hydrogen) atoms. The Bertz CT molecular complexity index is 753. The van der Waals surface area contributed by atoms with E-state index in [9.17, 15) is 9.59 Å². The first-order valence-electron chi connectivity index (χ1n) is 9.57. The summed E-state index contributed by atoms with van der Waals surface area (Å²) in [6.45, 7) is 4.64. The Morgan fingerprint density at radius 1 is 1.00 bits per heavy atom. The van der Waals surface area contributed by atoms with Gasteiger partial charge in [-0.15, -0.1) is 0 Å². The number of anilines is 2. The number of amides is 2. The number of nitrogens with zero attached hydrogens (tertiary/aromatic N) is 2. The summed E-state index contributed by atoms with van der Waals surface area (Å²) in [4.78, 5) is 28.2. The van der Waals surface area contributed by atoms with Crippen LogP contribution in [0.2, 0.25) is 0 Å². The van der Waals surface area contributed by atoms with Crippen molar-refractivity contribution in [1.29, 1.82) is 0 Å². The number of hydrogen-bond acceptors (Lipinski definition) is 3. The molecule has 0 unspecified atom stereocenters. The van der Waals surface area contributed by atoms with Gasteiger partial charge in [0.1, 0.15) is 0 Å². The fraction of sp³-hybridized carbons (Fsp3) is 0.364. The molecule has 0 bridgehead atoms. The average molecular weight is 365 g/mol. The third kappa shape index (κ3) is 5.33. The Balaban J connectivity index is 1.53. The lowest BCUT2D eigenvalue weighted by Gasteiger charge is -2.23. The zero-order valence-electron chi connectivity index (χ0n) is 15.9. The van der Waals surface area contributed by atoms with E-state index in [-0.39, 0.29) is 11.8 Å². The van der Waals surface area contributed by atoms with E-state index in [0.29, 0.717) is 19.5 Å². The van der Waals surface area contributed by atoms with Crippen molar-refractivity contribution in [2.45, 2.75) is 26.2 Å². The van der Waals surface area contributed by atoms with Gasteiger partial charge < -0.3 is 15.1 Å². The first kappa shape index (κ1) is 19.0. The van der Waals surface area contributed by atoms with Crippen LogP contribution in [0.5, 0.6) is 0 Å². The average Bonchev–Trinajstić information content (AvgIpc) is 3.21. The number of benzene rings is 2. The fourth-order valence-corrected chi connectivity index (χ4v) is 3.44. The van der Waals surface area contributed by atoms with Crippen LogP contribution in [0.1, 0.15) is 25.3 Å². The maximum atomic E-state index is 12.1. The van der Waals surface area contributed by atoms with E-state index >= 15 is 0 Å². The topological polar surface area (TPSA) is 52.7 Å². The summed E-state index contributed by atoms with van der Waals surface area (Å²) in [5.41, 5.74) is 3.05. The lowest BCUT2D eigenvalue weighted by Crippen LogP contribution is -2.38. The molecule has 0 aliphatic carbocycles. The Hall–Kier alpha value is -2.82. The molecule has 0 atom stereocenters. The van der Waals surface area contributed by atoms with Crippen LogP contribution < -0.4 is 15.1 Å². The van der Waals surface area contributed by atoms with Crippen molar-refractivity contribution in [3.05, 3.63) is 60.2 Å². The summed E-state index contributed by atoms with van der Waals surface area (Å²) >= 11 is 0. The summed E-state index contributed by atoms with van der Waals surface area (Å²) in [6.07, 6.45) is 2.83. The number of nitrogens with one attached hydrogen (secondary N) is 1. The summed E-state index contributed by atoms with van der Waals surface area (Å²) < 4.78 is 0. The first-order chi connectivity index (χ1) is 13.1. The standard InChI is InChI=1S/C22H27N3O2/c1-18(26)25(16-13-23-22(27)17-19-7-3-2-4-8-19)21-11-9-20(10-12-21)24-14-5-6-15-24/h2-4,7-12H,5-6,13-17H2,1H3,(H,23,27). The highest BCUT2D eigenvalue weighted by Crippen LogP contribution is 2.23. The van der Waals surface area contributed by atoms with Crippen LogP contribution >= 0.6 is 0 Å². The van der Waals surface area contributed by atoms with E-state index in [1.54, 1.807) is 11.8 Å². The van der Waals surface area contributed by atoms with Gasteiger partial charge in [-0.2, -0.15) is 0 Å². The molecule has 3 rings (SSSR count). The molecule has 0 saturated carbocycles. The summed E-state index contributed by atoms with van der Waals surface area (Å²) in [5.74, 6) is -0.0599. The van der Waals surface area contributed by atoms with Crippen molar-refractivity contribution in [3.8, 4) is 0 Å². The molecule has 0 spiro atoms. The van der Waals surface area contributed by atoms with Gasteiger partial charge in [-0.25, -0.2) is 0 Å². The SMILES string of the molecule is CC(=O)N(CCNC(=O)Cc1ccccc1)c1ccc(N2CCCC2)cc1. The predicted molar refractivity (Wildman–Crippen MR) is 109 cm³/mol. The van der Waals surface area contributed by atoms with Crippen LogP contribution in [0.15, 0.2) is 54.6 Å². The van der Waals surface area contributed by atoms with Gasteiger partial charge in [0.05, 0.1) is 6.42 Å². The Labute approximate surface area is 161 Å². The third-order valence-corrected chi connectivity index (χ3v) is 4.88. The molecule has 2 aromatic carbocycles. The molecule has 1 fully saturated rings. The molecule has 5 nitrogen and oxygen atoms in total. The van der Waals surface area contributed by atoms with E-state index in [1.807, 2.05) is 42.5 Å². The minimum atomic E-state index is -0.0333.